The number of hydrogen-bond donors (Lipinski definition) is 1. The lowest BCUT2D eigenvalue weighted by atomic mass is 10.0. The molecule has 1 aliphatic heterocycles. The number of rotatable bonds is 16. The molecule has 0 saturated carbocycles. The third-order valence-corrected chi connectivity index (χ3v) is 8.20. The van der Waals surface area contributed by atoms with Crippen molar-refractivity contribution in [2.24, 2.45) is 15.1 Å². The van der Waals surface area contributed by atoms with Gasteiger partial charge in [0.2, 0.25) is 0 Å². The molecular formula is C39H33BF2N6O4. The fourth-order valence-electron chi connectivity index (χ4n) is 5.67. The summed E-state index contributed by atoms with van der Waals surface area (Å²) in [5.74, 6) is 0.433. The van der Waals surface area contributed by atoms with Crippen molar-refractivity contribution in [3.8, 4) is 33.9 Å². The number of aliphatic carboxylic acids is 1. The molecule has 0 unspecified atom stereocenters. The number of azide groups is 1. The molecular weight excluding hydrogens is 665 g/mol. The molecule has 2 heterocycles. The third-order valence-electron chi connectivity index (χ3n) is 8.20. The summed E-state index contributed by atoms with van der Waals surface area (Å²) < 4.78 is 42.8. The summed E-state index contributed by atoms with van der Waals surface area (Å²) in [5, 5.41) is 12.5. The normalized spacial score (nSPS) is 12.9. The number of aliphatic imine (C=N–C) groups is 2. The van der Waals surface area contributed by atoms with Gasteiger partial charge in [-0.05, 0) is 83.6 Å². The first-order chi connectivity index (χ1) is 25.4. The minimum atomic E-state index is -2.94. The van der Waals surface area contributed by atoms with E-state index >= 15 is 8.63 Å². The molecule has 260 valence electrons. The molecule has 0 radical (unpaired) electrons. The van der Waals surface area contributed by atoms with Gasteiger partial charge in [-0.3, -0.25) is 13.4 Å². The van der Waals surface area contributed by atoms with Crippen LogP contribution in [-0.4, -0.2) is 54.3 Å². The van der Waals surface area contributed by atoms with Crippen LogP contribution in [0.15, 0.2) is 136 Å². The van der Waals surface area contributed by atoms with E-state index in [1.807, 2.05) is 66.7 Å². The van der Waals surface area contributed by atoms with Gasteiger partial charge in [-0.2, -0.15) is 0 Å². The number of hydrogen-bond acceptors (Lipinski definition) is 5. The molecule has 4 aromatic carbocycles. The molecule has 0 atom stereocenters. The second kappa shape index (κ2) is 17.0. The van der Waals surface area contributed by atoms with Crippen LogP contribution >= 0.6 is 0 Å². The number of ether oxygens (including phenoxy) is 2. The minimum absolute atomic E-state index is 0.0243. The lowest BCUT2D eigenvalue weighted by Gasteiger charge is -2.11. The van der Waals surface area contributed by atoms with Crippen LogP contribution in [-0.2, 0) is 4.79 Å². The Morgan fingerprint density at radius 1 is 0.808 bits per heavy atom. The fraction of sp³-hybridized carbons (Fsp3) is 0.154. The number of carboxylic acids is 1. The van der Waals surface area contributed by atoms with E-state index in [2.05, 4.69) is 10.0 Å². The van der Waals surface area contributed by atoms with Crippen molar-refractivity contribution >= 4 is 36.3 Å². The molecule has 0 saturated heterocycles. The van der Waals surface area contributed by atoms with E-state index in [-0.39, 0.29) is 30.4 Å². The maximum Gasteiger partial charge on any atom is 0.679 e. The highest BCUT2D eigenvalue weighted by Crippen LogP contribution is 2.41. The van der Waals surface area contributed by atoms with Crippen molar-refractivity contribution in [1.29, 1.82) is 0 Å². The smallest absolute Gasteiger partial charge is 0.494 e. The molecule has 5 aromatic rings. The van der Waals surface area contributed by atoms with Crippen molar-refractivity contribution in [2.45, 2.75) is 19.3 Å². The number of amidine groups is 1. The van der Waals surface area contributed by atoms with Crippen LogP contribution < -0.4 is 9.47 Å². The number of allylic oxidation sites excluding steroid dienone is 1. The number of benzene rings is 4. The van der Waals surface area contributed by atoms with Crippen LogP contribution in [0.1, 0.15) is 30.4 Å². The van der Waals surface area contributed by atoms with Gasteiger partial charge in [0.1, 0.15) is 17.3 Å². The Labute approximate surface area is 299 Å². The Kier molecular flexibility index (Phi) is 11.5. The van der Waals surface area contributed by atoms with Gasteiger partial charge in [0.25, 0.3) is 0 Å². The van der Waals surface area contributed by atoms with E-state index in [1.54, 1.807) is 54.6 Å². The number of nitrogens with zero attached hydrogens (tertiary/aromatic N) is 6. The van der Waals surface area contributed by atoms with Crippen LogP contribution in [0.2, 0.25) is 0 Å². The molecule has 0 aliphatic carbocycles. The van der Waals surface area contributed by atoms with Gasteiger partial charge in [0.15, 0.2) is 5.84 Å². The van der Waals surface area contributed by atoms with Crippen molar-refractivity contribution in [3.05, 3.63) is 143 Å². The number of aromatic nitrogens is 1. The zero-order chi connectivity index (χ0) is 36.3. The Morgan fingerprint density at radius 3 is 2.04 bits per heavy atom. The van der Waals surface area contributed by atoms with E-state index < -0.39 is 13.4 Å². The average Bonchev–Trinajstić information content (AvgIpc) is 3.77. The van der Waals surface area contributed by atoms with Crippen LogP contribution in [0, 0.1) is 0 Å². The topological polar surface area (TPSA) is 134 Å². The fourth-order valence-corrected chi connectivity index (χ4v) is 5.67. The molecule has 0 fully saturated rings. The number of carbonyl (C=O) groups is 1. The summed E-state index contributed by atoms with van der Waals surface area (Å²) in [5.41, 5.74) is 13.3. The predicted molar refractivity (Wildman–Crippen MR) is 200 cm³/mol. The maximum absolute atomic E-state index is 15.2. The lowest BCUT2D eigenvalue weighted by molar-refractivity contribution is -0.137. The van der Waals surface area contributed by atoms with E-state index in [1.165, 1.54) is 0 Å². The number of unbranched alkanes of at least 4 members (excludes halogenated alkanes) is 1. The highest BCUT2D eigenvalue weighted by Gasteiger charge is 2.30. The van der Waals surface area contributed by atoms with Crippen molar-refractivity contribution in [2.75, 3.05) is 19.8 Å². The first-order valence-electron chi connectivity index (χ1n) is 16.6. The summed E-state index contributed by atoms with van der Waals surface area (Å²) in [4.78, 5) is 23.4. The van der Waals surface area contributed by atoms with E-state index in [0.29, 0.717) is 65.5 Å². The standard InChI is InChI=1S/C39H33BF2N6O4/c41-40(42)48-36(30-15-19-31(20-16-30)51-23-8-7-22-44-47-43)26-34(27-9-3-1-4-10-27)39(48)46-38-33(25-35(45-38)29-11-5-2-6-12-29)28-13-17-32(18-14-28)52-24-21-37(49)50/h1-6,9-20,25-26H,7-8,21-24H2,(H,49,50)/b46-38-. The zero-order valence-corrected chi connectivity index (χ0v) is 28.0. The zero-order valence-electron chi connectivity index (χ0n) is 28.0. The maximum atomic E-state index is 15.2. The van der Waals surface area contributed by atoms with E-state index in [0.717, 1.165) is 15.6 Å². The third kappa shape index (κ3) is 8.63. The summed E-state index contributed by atoms with van der Waals surface area (Å²) in [7, 11) is -2.94. The second-order valence-corrected chi connectivity index (χ2v) is 11.7. The second-order valence-electron chi connectivity index (χ2n) is 11.7. The summed E-state index contributed by atoms with van der Waals surface area (Å²) in [6, 6.07) is 34.5. The highest BCUT2D eigenvalue weighted by molar-refractivity contribution is 6.43. The SMILES string of the molecule is [N-]=[N+]=NCCCCOc1ccc(-c2cc(-c3ccccc3)c(/N=C3\N=C(c4ccccc4)C=C3c3ccc(OCCC(=O)O)cc3)n2B(F)F)cc1. The Bertz CT molecular complexity index is 2150. The summed E-state index contributed by atoms with van der Waals surface area (Å²) in [6.07, 6.45) is 3.14. The summed E-state index contributed by atoms with van der Waals surface area (Å²) >= 11 is 0. The van der Waals surface area contributed by atoms with Crippen LogP contribution in [0.25, 0.3) is 38.4 Å². The van der Waals surface area contributed by atoms with Gasteiger partial charge in [-0.1, -0.05) is 77.9 Å². The average molecular weight is 699 g/mol. The van der Waals surface area contributed by atoms with Gasteiger partial charge in [0.05, 0.1) is 25.3 Å². The first-order valence-corrected chi connectivity index (χ1v) is 16.6. The predicted octanol–water partition coefficient (Wildman–Crippen LogP) is 9.53. The molecule has 1 N–H and O–H groups in total. The van der Waals surface area contributed by atoms with Gasteiger partial charge in [0, 0.05) is 33.9 Å². The van der Waals surface area contributed by atoms with E-state index in [9.17, 15) is 4.79 Å². The van der Waals surface area contributed by atoms with Crippen molar-refractivity contribution < 1.29 is 28.0 Å². The Hall–Kier alpha value is -6.46. The van der Waals surface area contributed by atoms with Gasteiger partial charge < -0.3 is 19.1 Å². The quantitative estimate of drug-likeness (QED) is 0.0361. The van der Waals surface area contributed by atoms with Gasteiger partial charge in [-0.15, -0.1) is 0 Å². The molecule has 0 bridgehead atoms. The number of carboxylic acid groups (broad SMARTS) is 1. The first kappa shape index (κ1) is 35.4. The summed E-state index contributed by atoms with van der Waals surface area (Å²) in [6.45, 7) is 0.846. The highest BCUT2D eigenvalue weighted by atomic mass is 19.2. The van der Waals surface area contributed by atoms with E-state index in [4.69, 9.17) is 30.1 Å². The van der Waals surface area contributed by atoms with Crippen LogP contribution in [0.4, 0.5) is 14.4 Å². The molecule has 1 aliphatic rings. The molecule has 10 nitrogen and oxygen atoms in total. The largest absolute Gasteiger partial charge is 0.679 e. The van der Waals surface area contributed by atoms with Crippen molar-refractivity contribution in [3.63, 3.8) is 0 Å². The minimum Gasteiger partial charge on any atom is -0.494 e. The molecule has 13 heteroatoms. The molecule has 1 aromatic heterocycles. The lowest BCUT2D eigenvalue weighted by Crippen LogP contribution is -2.14. The molecule has 0 amide bonds. The molecule has 0 spiro atoms. The molecule has 52 heavy (non-hydrogen) atoms. The van der Waals surface area contributed by atoms with Crippen molar-refractivity contribution in [1.82, 2.24) is 4.48 Å². The van der Waals surface area contributed by atoms with Crippen LogP contribution in [0.5, 0.6) is 11.5 Å². The Morgan fingerprint density at radius 2 is 1.42 bits per heavy atom. The monoisotopic (exact) mass is 698 g/mol. The molecule has 6 rings (SSSR count). The number of halogens is 2. The Balaban J connectivity index is 1.40. The van der Waals surface area contributed by atoms with Gasteiger partial charge in [-0.25, -0.2) is 9.98 Å². The van der Waals surface area contributed by atoms with Crippen LogP contribution in [0.3, 0.4) is 0 Å². The van der Waals surface area contributed by atoms with Gasteiger partial charge >= 0.3 is 13.4 Å².